The number of carbonyl (C=O) groups excluding carboxylic acids is 2. The van der Waals surface area contributed by atoms with Crippen LogP contribution in [0.4, 0.5) is 0 Å². The van der Waals surface area contributed by atoms with E-state index in [1.165, 1.54) is 0 Å². The zero-order valence-corrected chi connectivity index (χ0v) is 11.0. The summed E-state index contributed by atoms with van der Waals surface area (Å²) in [5.74, 6) is -1.80. The summed E-state index contributed by atoms with van der Waals surface area (Å²) in [6, 6.07) is 0. The number of ether oxygens (including phenoxy) is 1. The summed E-state index contributed by atoms with van der Waals surface area (Å²) in [5.41, 5.74) is -0.495. The van der Waals surface area contributed by atoms with E-state index in [9.17, 15) is 14.7 Å². The number of carbonyl (C=O) groups is 2. The Morgan fingerprint density at radius 3 is 2.41 bits per heavy atom. The number of rotatable bonds is 3. The van der Waals surface area contributed by atoms with Crippen molar-refractivity contribution < 1.29 is 38.3 Å². The fourth-order valence-corrected chi connectivity index (χ4v) is 1.73. The van der Waals surface area contributed by atoms with Gasteiger partial charge in [-0.3, -0.25) is 9.69 Å². The van der Waals surface area contributed by atoms with E-state index >= 15 is 0 Å². The van der Waals surface area contributed by atoms with Gasteiger partial charge in [0.1, 0.15) is 5.60 Å². The van der Waals surface area contributed by atoms with E-state index in [1.807, 2.05) is 0 Å². The fraction of sp³-hybridized carbons (Fsp3) is 0.818. The van der Waals surface area contributed by atoms with Gasteiger partial charge in [0.15, 0.2) is 0 Å². The van der Waals surface area contributed by atoms with Crippen LogP contribution in [-0.4, -0.2) is 42.1 Å². The van der Waals surface area contributed by atoms with Crippen LogP contribution >= 0.6 is 0 Å². The van der Waals surface area contributed by atoms with Crippen molar-refractivity contribution >= 4 is 11.9 Å². The molecule has 1 rings (SSSR count). The molecule has 0 aromatic carbocycles. The summed E-state index contributed by atoms with van der Waals surface area (Å²) >= 11 is 0. The first-order valence-corrected chi connectivity index (χ1v) is 5.43. The number of nitrogens with zero attached hydrogens (tertiary/aromatic N) is 1. The summed E-state index contributed by atoms with van der Waals surface area (Å²) in [4.78, 5) is 23.9. The van der Waals surface area contributed by atoms with Crippen molar-refractivity contribution in [3.8, 4) is 0 Å². The van der Waals surface area contributed by atoms with Crippen molar-refractivity contribution in [1.29, 1.82) is 0 Å². The maximum absolute atomic E-state index is 11.5. The number of likely N-dealkylation sites (tertiary alicyclic amines) is 1. The van der Waals surface area contributed by atoms with Crippen LogP contribution < -0.4 is 24.0 Å². The average molecular weight is 235 g/mol. The molecule has 0 amide bonds. The quantitative estimate of drug-likeness (QED) is 0.373. The Balaban J connectivity index is 0.00000256. The molecule has 0 radical (unpaired) electrons. The first-order valence-electron chi connectivity index (χ1n) is 5.43. The molecule has 6 heteroatoms. The molecule has 0 N–H and O–H groups in total. The predicted molar refractivity (Wildman–Crippen MR) is 55.4 cm³/mol. The van der Waals surface area contributed by atoms with Crippen LogP contribution in [0, 0.1) is 5.92 Å². The number of hydrogen-bond donors (Lipinski definition) is 0. The van der Waals surface area contributed by atoms with E-state index in [2.05, 4.69) is 0 Å². The molecule has 5 nitrogen and oxygen atoms in total. The molecule has 1 aliphatic heterocycles. The van der Waals surface area contributed by atoms with E-state index < -0.39 is 17.5 Å². The molecule has 0 unspecified atom stereocenters. The van der Waals surface area contributed by atoms with Crippen LogP contribution in [0.5, 0.6) is 0 Å². The first kappa shape index (κ1) is 16.5. The Kier molecular flexibility index (Phi) is 6.25. The SMILES string of the molecule is CC(C)(C)OC(=O)CN1CC[C@@H](C(=O)[O-])C1.[Li+]. The third-order valence-corrected chi connectivity index (χ3v) is 2.38. The standard InChI is InChI=1S/C11H19NO4.Li/c1-11(2,3)16-9(13)7-12-5-4-8(6-12)10(14)15;/h8H,4-7H2,1-3H3,(H,14,15);/q;+1/p-1/t8-;/m1./s1. The molecule has 0 bridgehead atoms. The van der Waals surface area contributed by atoms with Crippen LogP contribution in [0.25, 0.3) is 0 Å². The Morgan fingerprint density at radius 2 is 2.00 bits per heavy atom. The number of carboxylic acid groups (broad SMARTS) is 1. The van der Waals surface area contributed by atoms with Gasteiger partial charge < -0.3 is 14.6 Å². The number of carboxylic acids is 1. The molecule has 92 valence electrons. The molecule has 0 aliphatic carbocycles. The van der Waals surface area contributed by atoms with Gasteiger partial charge in [-0.05, 0) is 33.7 Å². The molecule has 1 fully saturated rings. The molecule has 1 saturated heterocycles. The number of aliphatic carboxylic acids is 1. The smallest absolute Gasteiger partial charge is 0.550 e. The molecular formula is C11H18LiNO4. The summed E-state index contributed by atoms with van der Waals surface area (Å²) in [6.07, 6.45) is 0.547. The van der Waals surface area contributed by atoms with Crippen LogP contribution in [-0.2, 0) is 14.3 Å². The van der Waals surface area contributed by atoms with Gasteiger partial charge in [0.2, 0.25) is 0 Å². The van der Waals surface area contributed by atoms with Gasteiger partial charge >= 0.3 is 24.8 Å². The monoisotopic (exact) mass is 235 g/mol. The van der Waals surface area contributed by atoms with E-state index in [0.29, 0.717) is 19.5 Å². The van der Waals surface area contributed by atoms with Gasteiger partial charge in [0.05, 0.1) is 6.54 Å². The van der Waals surface area contributed by atoms with Crippen LogP contribution in [0.1, 0.15) is 27.2 Å². The fourth-order valence-electron chi connectivity index (χ4n) is 1.73. The maximum atomic E-state index is 11.5. The van der Waals surface area contributed by atoms with Gasteiger partial charge in [-0.15, -0.1) is 0 Å². The minimum Gasteiger partial charge on any atom is -0.550 e. The zero-order chi connectivity index (χ0) is 12.3. The van der Waals surface area contributed by atoms with Gasteiger partial charge in [-0.25, -0.2) is 0 Å². The first-order chi connectivity index (χ1) is 7.28. The van der Waals surface area contributed by atoms with Crippen molar-refractivity contribution in [2.45, 2.75) is 32.8 Å². The van der Waals surface area contributed by atoms with Crippen molar-refractivity contribution in [2.24, 2.45) is 5.92 Å². The van der Waals surface area contributed by atoms with Gasteiger partial charge in [0, 0.05) is 18.4 Å². The molecule has 0 saturated carbocycles. The molecule has 0 aromatic rings. The summed E-state index contributed by atoms with van der Waals surface area (Å²) in [5, 5.41) is 10.6. The maximum Gasteiger partial charge on any atom is 1.00 e. The third kappa shape index (κ3) is 6.11. The minimum absolute atomic E-state index is 0. The number of esters is 1. The molecule has 17 heavy (non-hydrogen) atoms. The van der Waals surface area contributed by atoms with Crippen molar-refractivity contribution in [3.05, 3.63) is 0 Å². The summed E-state index contributed by atoms with van der Waals surface area (Å²) in [6.45, 7) is 6.55. The Bertz CT molecular complexity index is 288. The molecule has 1 atom stereocenters. The normalized spacial score (nSPS) is 20.8. The molecule has 0 aromatic heterocycles. The van der Waals surface area contributed by atoms with Crippen LogP contribution in [0.2, 0.25) is 0 Å². The van der Waals surface area contributed by atoms with Crippen LogP contribution in [0.15, 0.2) is 0 Å². The second kappa shape index (κ2) is 6.44. The molecule has 0 spiro atoms. The van der Waals surface area contributed by atoms with E-state index in [1.54, 1.807) is 25.7 Å². The van der Waals surface area contributed by atoms with Crippen molar-refractivity contribution in [3.63, 3.8) is 0 Å². The van der Waals surface area contributed by atoms with Gasteiger partial charge in [-0.1, -0.05) is 0 Å². The zero-order valence-electron chi connectivity index (χ0n) is 11.0. The summed E-state index contributed by atoms with van der Waals surface area (Å²) < 4.78 is 5.15. The molecular weight excluding hydrogens is 217 g/mol. The van der Waals surface area contributed by atoms with Crippen molar-refractivity contribution in [1.82, 2.24) is 4.90 Å². The second-order valence-electron chi connectivity index (χ2n) is 5.13. The topological polar surface area (TPSA) is 69.7 Å². The van der Waals surface area contributed by atoms with E-state index in [-0.39, 0.29) is 31.4 Å². The Morgan fingerprint density at radius 1 is 1.41 bits per heavy atom. The van der Waals surface area contributed by atoms with E-state index in [4.69, 9.17) is 4.74 Å². The van der Waals surface area contributed by atoms with Crippen molar-refractivity contribution in [2.75, 3.05) is 19.6 Å². The number of hydrogen-bond acceptors (Lipinski definition) is 5. The minimum atomic E-state index is -1.04. The predicted octanol–water partition coefficient (Wildman–Crippen LogP) is -3.60. The third-order valence-electron chi connectivity index (χ3n) is 2.38. The van der Waals surface area contributed by atoms with Gasteiger partial charge in [0.25, 0.3) is 0 Å². The second-order valence-corrected chi connectivity index (χ2v) is 5.13. The van der Waals surface area contributed by atoms with Gasteiger partial charge in [-0.2, -0.15) is 0 Å². The molecule has 1 aliphatic rings. The summed E-state index contributed by atoms with van der Waals surface area (Å²) in [7, 11) is 0. The largest absolute Gasteiger partial charge is 1.00 e. The Labute approximate surface area is 114 Å². The van der Waals surface area contributed by atoms with Crippen LogP contribution in [0.3, 0.4) is 0 Å². The molecule has 1 heterocycles. The van der Waals surface area contributed by atoms with E-state index in [0.717, 1.165) is 0 Å². The average Bonchev–Trinajstić information content (AvgIpc) is 2.48. The Hall–Kier alpha value is -0.503.